The van der Waals surface area contributed by atoms with E-state index < -0.39 is 6.09 Å². The van der Waals surface area contributed by atoms with Gasteiger partial charge in [0, 0.05) is 12.4 Å². The molecular formula is C13H12N2O2. The summed E-state index contributed by atoms with van der Waals surface area (Å²) in [4.78, 5) is 16.4. The van der Waals surface area contributed by atoms with E-state index in [1.165, 1.54) is 4.90 Å². The van der Waals surface area contributed by atoms with Crippen molar-refractivity contribution in [1.29, 1.82) is 0 Å². The number of benzene rings is 1. The van der Waals surface area contributed by atoms with Crippen LogP contribution >= 0.6 is 0 Å². The van der Waals surface area contributed by atoms with Gasteiger partial charge in [-0.3, -0.25) is 4.98 Å². The second-order valence-electron chi connectivity index (χ2n) is 3.66. The molecule has 1 aromatic carbocycles. The number of amides is 1. The SMILES string of the molecule is Cc1ccc(N(C(=O)O)c2ccncc2)cc1. The number of carbonyl (C=O) groups is 1. The molecule has 1 N–H and O–H groups in total. The van der Waals surface area contributed by atoms with Gasteiger partial charge in [-0.05, 0) is 31.2 Å². The van der Waals surface area contributed by atoms with Crippen molar-refractivity contribution in [2.45, 2.75) is 6.92 Å². The number of anilines is 2. The second-order valence-corrected chi connectivity index (χ2v) is 3.66. The fourth-order valence-electron chi connectivity index (χ4n) is 1.56. The molecule has 0 spiro atoms. The van der Waals surface area contributed by atoms with Crippen molar-refractivity contribution in [2.24, 2.45) is 0 Å². The van der Waals surface area contributed by atoms with E-state index in [-0.39, 0.29) is 0 Å². The predicted octanol–water partition coefficient (Wildman–Crippen LogP) is 3.21. The highest BCUT2D eigenvalue weighted by Crippen LogP contribution is 2.24. The number of aromatic nitrogens is 1. The summed E-state index contributed by atoms with van der Waals surface area (Å²) in [7, 11) is 0. The molecule has 1 aromatic heterocycles. The zero-order valence-corrected chi connectivity index (χ0v) is 9.37. The Balaban J connectivity index is 2.43. The average molecular weight is 228 g/mol. The third-order valence-electron chi connectivity index (χ3n) is 2.40. The number of rotatable bonds is 2. The molecular weight excluding hydrogens is 216 g/mol. The molecule has 0 aliphatic carbocycles. The summed E-state index contributed by atoms with van der Waals surface area (Å²) in [6.45, 7) is 1.96. The van der Waals surface area contributed by atoms with Gasteiger partial charge in [0.25, 0.3) is 0 Å². The van der Waals surface area contributed by atoms with Crippen LogP contribution in [0.25, 0.3) is 0 Å². The van der Waals surface area contributed by atoms with Crippen molar-refractivity contribution in [3.8, 4) is 0 Å². The van der Waals surface area contributed by atoms with Crippen LogP contribution in [0.1, 0.15) is 5.56 Å². The third kappa shape index (κ3) is 2.42. The van der Waals surface area contributed by atoms with Gasteiger partial charge >= 0.3 is 6.09 Å². The van der Waals surface area contributed by atoms with Crippen LogP contribution < -0.4 is 4.90 Å². The molecule has 0 atom stereocenters. The standard InChI is InChI=1S/C13H12N2O2/c1-10-2-4-11(5-3-10)15(13(16)17)12-6-8-14-9-7-12/h2-9H,1H3,(H,16,17). The Morgan fingerprint density at radius 3 is 2.12 bits per heavy atom. The maximum Gasteiger partial charge on any atom is 0.416 e. The van der Waals surface area contributed by atoms with Crippen molar-refractivity contribution >= 4 is 17.5 Å². The van der Waals surface area contributed by atoms with Crippen molar-refractivity contribution in [3.63, 3.8) is 0 Å². The van der Waals surface area contributed by atoms with Crippen LogP contribution in [0, 0.1) is 6.92 Å². The van der Waals surface area contributed by atoms with Crippen LogP contribution in [0.3, 0.4) is 0 Å². The van der Waals surface area contributed by atoms with Gasteiger partial charge in [-0.2, -0.15) is 0 Å². The molecule has 2 aromatic rings. The number of hydrogen-bond donors (Lipinski definition) is 1. The molecule has 1 amide bonds. The Labute approximate surface area is 99.2 Å². The first kappa shape index (κ1) is 11.1. The Bertz CT molecular complexity index is 509. The molecule has 0 aliphatic heterocycles. The van der Waals surface area contributed by atoms with Crippen LogP contribution in [-0.2, 0) is 0 Å². The molecule has 0 saturated carbocycles. The first-order valence-electron chi connectivity index (χ1n) is 5.18. The molecule has 2 rings (SSSR count). The second kappa shape index (κ2) is 4.65. The van der Waals surface area contributed by atoms with E-state index in [1.54, 1.807) is 36.7 Å². The monoisotopic (exact) mass is 228 g/mol. The lowest BCUT2D eigenvalue weighted by Crippen LogP contribution is -2.23. The maximum atomic E-state index is 11.3. The van der Waals surface area contributed by atoms with E-state index in [9.17, 15) is 9.90 Å². The molecule has 17 heavy (non-hydrogen) atoms. The Morgan fingerprint density at radius 2 is 1.59 bits per heavy atom. The predicted molar refractivity (Wildman–Crippen MR) is 65.6 cm³/mol. The van der Waals surface area contributed by atoms with E-state index >= 15 is 0 Å². The molecule has 4 heteroatoms. The van der Waals surface area contributed by atoms with Gasteiger partial charge in [0.2, 0.25) is 0 Å². The topological polar surface area (TPSA) is 53.4 Å². The van der Waals surface area contributed by atoms with Crippen LogP contribution in [0.15, 0.2) is 48.8 Å². The maximum absolute atomic E-state index is 11.3. The van der Waals surface area contributed by atoms with Gasteiger partial charge < -0.3 is 5.11 Å². The van der Waals surface area contributed by atoms with Gasteiger partial charge in [-0.15, -0.1) is 0 Å². The lowest BCUT2D eigenvalue weighted by atomic mass is 10.2. The van der Waals surface area contributed by atoms with Gasteiger partial charge in [-0.25, -0.2) is 9.69 Å². The fraction of sp³-hybridized carbons (Fsp3) is 0.0769. The summed E-state index contributed by atoms with van der Waals surface area (Å²) in [6, 6.07) is 10.6. The highest BCUT2D eigenvalue weighted by Gasteiger charge is 2.15. The zero-order valence-electron chi connectivity index (χ0n) is 9.37. The molecule has 4 nitrogen and oxygen atoms in total. The van der Waals surface area contributed by atoms with E-state index in [0.29, 0.717) is 11.4 Å². The molecule has 86 valence electrons. The van der Waals surface area contributed by atoms with Crippen LogP contribution in [0.5, 0.6) is 0 Å². The van der Waals surface area contributed by atoms with Crippen LogP contribution in [0.4, 0.5) is 16.2 Å². The lowest BCUT2D eigenvalue weighted by Gasteiger charge is -2.19. The largest absolute Gasteiger partial charge is 0.464 e. The van der Waals surface area contributed by atoms with E-state index in [2.05, 4.69) is 4.98 Å². The number of carboxylic acid groups (broad SMARTS) is 1. The average Bonchev–Trinajstić information content (AvgIpc) is 2.33. The first-order chi connectivity index (χ1) is 8.18. The minimum Gasteiger partial charge on any atom is -0.464 e. The Kier molecular flexibility index (Phi) is 3.05. The third-order valence-corrected chi connectivity index (χ3v) is 2.40. The zero-order chi connectivity index (χ0) is 12.3. The van der Waals surface area contributed by atoms with Crippen LogP contribution in [-0.4, -0.2) is 16.2 Å². The molecule has 0 unspecified atom stereocenters. The number of nitrogens with zero attached hydrogens (tertiary/aromatic N) is 2. The molecule has 1 heterocycles. The number of pyridine rings is 1. The van der Waals surface area contributed by atoms with Crippen molar-refractivity contribution < 1.29 is 9.90 Å². The minimum atomic E-state index is -1.01. The van der Waals surface area contributed by atoms with Gasteiger partial charge in [-0.1, -0.05) is 17.7 Å². The fourth-order valence-corrected chi connectivity index (χ4v) is 1.56. The lowest BCUT2D eigenvalue weighted by molar-refractivity contribution is 0.205. The summed E-state index contributed by atoms with van der Waals surface area (Å²) in [5, 5.41) is 9.25. The molecule has 0 aliphatic rings. The minimum absolute atomic E-state index is 0.580. The van der Waals surface area contributed by atoms with E-state index in [1.807, 2.05) is 19.1 Å². The Morgan fingerprint density at radius 1 is 1.06 bits per heavy atom. The van der Waals surface area contributed by atoms with Gasteiger partial charge in [0.1, 0.15) is 0 Å². The van der Waals surface area contributed by atoms with Crippen molar-refractivity contribution in [1.82, 2.24) is 4.98 Å². The summed E-state index contributed by atoms with van der Waals surface area (Å²) in [6.07, 6.45) is 2.12. The van der Waals surface area contributed by atoms with E-state index in [4.69, 9.17) is 0 Å². The van der Waals surface area contributed by atoms with Crippen molar-refractivity contribution in [2.75, 3.05) is 4.90 Å². The number of aryl methyl sites for hydroxylation is 1. The van der Waals surface area contributed by atoms with E-state index in [0.717, 1.165) is 5.56 Å². The van der Waals surface area contributed by atoms with Gasteiger partial charge in [0.05, 0.1) is 11.4 Å². The Hall–Kier alpha value is -2.36. The summed E-state index contributed by atoms with van der Waals surface area (Å²) >= 11 is 0. The molecule has 0 saturated heterocycles. The summed E-state index contributed by atoms with van der Waals surface area (Å²) in [5.74, 6) is 0. The summed E-state index contributed by atoms with van der Waals surface area (Å²) in [5.41, 5.74) is 2.29. The molecule has 0 fully saturated rings. The number of hydrogen-bond acceptors (Lipinski definition) is 2. The van der Waals surface area contributed by atoms with Gasteiger partial charge in [0.15, 0.2) is 0 Å². The quantitative estimate of drug-likeness (QED) is 0.858. The summed E-state index contributed by atoms with van der Waals surface area (Å²) < 4.78 is 0. The van der Waals surface area contributed by atoms with Crippen molar-refractivity contribution in [3.05, 3.63) is 54.4 Å². The normalized spacial score (nSPS) is 9.94. The highest BCUT2D eigenvalue weighted by atomic mass is 16.4. The molecule has 0 bridgehead atoms. The first-order valence-corrected chi connectivity index (χ1v) is 5.18. The highest BCUT2D eigenvalue weighted by molar-refractivity contribution is 5.94. The smallest absolute Gasteiger partial charge is 0.416 e. The molecule has 0 radical (unpaired) electrons. The van der Waals surface area contributed by atoms with Crippen LogP contribution in [0.2, 0.25) is 0 Å².